The molecule has 0 spiro atoms. The molecule has 3 aromatic rings. The summed E-state index contributed by atoms with van der Waals surface area (Å²) in [7, 11) is 1.87. The fraction of sp³-hybridized carbons (Fsp3) is 0.118. The third-order valence-corrected chi connectivity index (χ3v) is 4.27. The Morgan fingerprint density at radius 1 is 1.10 bits per heavy atom. The van der Waals surface area contributed by atoms with Crippen molar-refractivity contribution in [2.24, 2.45) is 0 Å². The molecule has 0 amide bonds. The van der Waals surface area contributed by atoms with E-state index in [0.717, 1.165) is 32.9 Å². The number of halogens is 1. The van der Waals surface area contributed by atoms with Gasteiger partial charge >= 0.3 is 0 Å². The molecule has 2 nitrogen and oxygen atoms in total. The number of hydrogen-bond donors (Lipinski definition) is 1. The number of aromatic nitrogens is 1. The van der Waals surface area contributed by atoms with Gasteiger partial charge in [0, 0.05) is 28.6 Å². The molecule has 0 radical (unpaired) electrons. The number of fused-ring (bicyclic) bond motifs is 1. The standard InChI is InChI=1S/C17H15FN2S/c1-19-17-13(9-12-5-2-3-8-16(12)20-17)11-21-15-7-4-6-14(18)10-15/h2-10H,11H2,1H3,(H,19,20). The number of hydrogen-bond acceptors (Lipinski definition) is 3. The Hall–Kier alpha value is -2.07. The van der Waals surface area contributed by atoms with Crippen LogP contribution in [0, 0.1) is 5.82 Å². The number of anilines is 1. The molecule has 21 heavy (non-hydrogen) atoms. The number of benzene rings is 2. The molecule has 1 heterocycles. The molecule has 106 valence electrons. The fourth-order valence-corrected chi connectivity index (χ4v) is 3.12. The zero-order valence-corrected chi connectivity index (χ0v) is 12.5. The topological polar surface area (TPSA) is 24.9 Å². The first-order valence-electron chi connectivity index (χ1n) is 6.71. The molecular formula is C17H15FN2S. The van der Waals surface area contributed by atoms with Crippen LogP contribution in [0.5, 0.6) is 0 Å². The largest absolute Gasteiger partial charge is 0.373 e. The lowest BCUT2D eigenvalue weighted by atomic mass is 10.1. The molecule has 0 unspecified atom stereocenters. The first kappa shape index (κ1) is 13.9. The van der Waals surface area contributed by atoms with E-state index in [9.17, 15) is 4.39 Å². The van der Waals surface area contributed by atoms with E-state index in [2.05, 4.69) is 22.4 Å². The molecule has 0 aliphatic rings. The maximum absolute atomic E-state index is 13.2. The van der Waals surface area contributed by atoms with Crippen molar-refractivity contribution in [1.82, 2.24) is 4.98 Å². The quantitative estimate of drug-likeness (QED) is 0.706. The number of pyridine rings is 1. The van der Waals surface area contributed by atoms with Crippen LogP contribution in [0.3, 0.4) is 0 Å². The van der Waals surface area contributed by atoms with Crippen molar-refractivity contribution < 1.29 is 4.39 Å². The monoisotopic (exact) mass is 298 g/mol. The zero-order chi connectivity index (χ0) is 14.7. The first-order chi connectivity index (χ1) is 10.3. The van der Waals surface area contributed by atoms with Crippen LogP contribution in [-0.2, 0) is 5.75 Å². The lowest BCUT2D eigenvalue weighted by molar-refractivity contribution is 0.624. The van der Waals surface area contributed by atoms with Gasteiger partial charge in [-0.1, -0.05) is 24.3 Å². The fourth-order valence-electron chi connectivity index (χ4n) is 2.20. The molecule has 3 rings (SSSR count). The van der Waals surface area contributed by atoms with Crippen LogP contribution in [0.4, 0.5) is 10.2 Å². The van der Waals surface area contributed by atoms with Gasteiger partial charge in [-0.2, -0.15) is 0 Å². The van der Waals surface area contributed by atoms with Crippen LogP contribution in [0.25, 0.3) is 10.9 Å². The van der Waals surface area contributed by atoms with Crippen LogP contribution in [0.2, 0.25) is 0 Å². The van der Waals surface area contributed by atoms with Gasteiger partial charge in [0.25, 0.3) is 0 Å². The molecule has 0 saturated heterocycles. The van der Waals surface area contributed by atoms with Crippen LogP contribution < -0.4 is 5.32 Å². The smallest absolute Gasteiger partial charge is 0.130 e. The highest BCUT2D eigenvalue weighted by Crippen LogP contribution is 2.28. The van der Waals surface area contributed by atoms with Crippen LogP contribution in [-0.4, -0.2) is 12.0 Å². The van der Waals surface area contributed by atoms with Crippen molar-refractivity contribution in [3.63, 3.8) is 0 Å². The second-order valence-corrected chi connectivity index (χ2v) is 5.73. The molecule has 1 aromatic heterocycles. The predicted molar refractivity (Wildman–Crippen MR) is 87.3 cm³/mol. The SMILES string of the molecule is CNc1nc2ccccc2cc1CSc1cccc(F)c1. The van der Waals surface area contributed by atoms with Gasteiger partial charge in [-0.15, -0.1) is 11.8 Å². The molecule has 0 aliphatic heterocycles. The van der Waals surface area contributed by atoms with Crippen molar-refractivity contribution in [3.8, 4) is 0 Å². The average molecular weight is 298 g/mol. The summed E-state index contributed by atoms with van der Waals surface area (Å²) in [5.41, 5.74) is 2.09. The number of nitrogens with zero attached hydrogens (tertiary/aromatic N) is 1. The third kappa shape index (κ3) is 3.16. The molecular weight excluding hydrogens is 283 g/mol. The van der Waals surface area contributed by atoms with Crippen molar-refractivity contribution in [2.45, 2.75) is 10.6 Å². The van der Waals surface area contributed by atoms with E-state index >= 15 is 0 Å². The van der Waals surface area contributed by atoms with Gasteiger partial charge in [-0.25, -0.2) is 9.37 Å². The Morgan fingerprint density at radius 2 is 1.95 bits per heavy atom. The molecule has 0 aliphatic carbocycles. The molecule has 1 N–H and O–H groups in total. The maximum Gasteiger partial charge on any atom is 0.130 e. The Balaban J connectivity index is 1.88. The van der Waals surface area contributed by atoms with Crippen molar-refractivity contribution in [2.75, 3.05) is 12.4 Å². The molecule has 0 atom stereocenters. The van der Waals surface area contributed by atoms with Crippen LogP contribution in [0.15, 0.2) is 59.5 Å². The van der Waals surface area contributed by atoms with Crippen molar-refractivity contribution >= 4 is 28.5 Å². The summed E-state index contributed by atoms with van der Waals surface area (Å²) in [6.07, 6.45) is 0. The van der Waals surface area contributed by atoms with Gasteiger partial charge in [0.15, 0.2) is 0 Å². The van der Waals surface area contributed by atoms with Gasteiger partial charge in [-0.05, 0) is 30.3 Å². The summed E-state index contributed by atoms with van der Waals surface area (Å²) in [4.78, 5) is 5.55. The van der Waals surface area contributed by atoms with E-state index in [-0.39, 0.29) is 5.82 Å². The minimum absolute atomic E-state index is 0.203. The molecule has 4 heteroatoms. The van der Waals surface area contributed by atoms with Gasteiger partial charge in [0.05, 0.1) is 5.52 Å². The summed E-state index contributed by atoms with van der Waals surface area (Å²) in [6.45, 7) is 0. The highest BCUT2D eigenvalue weighted by atomic mass is 32.2. The summed E-state index contributed by atoms with van der Waals surface area (Å²) in [6, 6.07) is 16.8. The van der Waals surface area contributed by atoms with Crippen molar-refractivity contribution in [3.05, 3.63) is 66.0 Å². The number of para-hydroxylation sites is 1. The molecule has 0 saturated carbocycles. The second kappa shape index (κ2) is 6.14. The average Bonchev–Trinajstić information content (AvgIpc) is 2.52. The lowest BCUT2D eigenvalue weighted by Crippen LogP contribution is -1.98. The Kier molecular flexibility index (Phi) is 4.06. The van der Waals surface area contributed by atoms with Crippen LogP contribution >= 0.6 is 11.8 Å². The molecule has 0 fully saturated rings. The first-order valence-corrected chi connectivity index (χ1v) is 7.69. The Labute approximate surface area is 127 Å². The van der Waals surface area contributed by atoms with E-state index in [1.807, 2.05) is 31.3 Å². The van der Waals surface area contributed by atoms with E-state index in [0.29, 0.717) is 0 Å². The predicted octanol–water partition coefficient (Wildman–Crippen LogP) is 4.71. The Morgan fingerprint density at radius 3 is 2.76 bits per heavy atom. The van der Waals surface area contributed by atoms with Crippen molar-refractivity contribution in [1.29, 1.82) is 0 Å². The van der Waals surface area contributed by atoms with Crippen LogP contribution in [0.1, 0.15) is 5.56 Å². The summed E-state index contributed by atoms with van der Waals surface area (Å²) in [5.74, 6) is 1.42. The number of thioether (sulfide) groups is 1. The second-order valence-electron chi connectivity index (χ2n) is 4.68. The molecule has 2 aromatic carbocycles. The summed E-state index contributed by atoms with van der Waals surface area (Å²) in [5, 5.41) is 4.25. The minimum Gasteiger partial charge on any atom is -0.373 e. The van der Waals surface area contributed by atoms with E-state index in [1.165, 1.54) is 6.07 Å². The van der Waals surface area contributed by atoms with Gasteiger partial charge < -0.3 is 5.32 Å². The zero-order valence-electron chi connectivity index (χ0n) is 11.6. The van der Waals surface area contributed by atoms with E-state index in [1.54, 1.807) is 23.9 Å². The van der Waals surface area contributed by atoms with Gasteiger partial charge in [0.1, 0.15) is 11.6 Å². The normalized spacial score (nSPS) is 10.8. The maximum atomic E-state index is 13.2. The van der Waals surface area contributed by atoms with Gasteiger partial charge in [-0.3, -0.25) is 0 Å². The Bertz CT molecular complexity index is 774. The minimum atomic E-state index is -0.203. The van der Waals surface area contributed by atoms with E-state index in [4.69, 9.17) is 0 Å². The number of rotatable bonds is 4. The highest BCUT2D eigenvalue weighted by Gasteiger charge is 2.06. The summed E-state index contributed by atoms with van der Waals surface area (Å²) >= 11 is 1.61. The molecule has 0 bridgehead atoms. The lowest BCUT2D eigenvalue weighted by Gasteiger charge is -2.10. The number of nitrogens with one attached hydrogen (secondary N) is 1. The summed E-state index contributed by atoms with van der Waals surface area (Å²) < 4.78 is 13.2. The van der Waals surface area contributed by atoms with E-state index < -0.39 is 0 Å². The highest BCUT2D eigenvalue weighted by molar-refractivity contribution is 7.98. The third-order valence-electron chi connectivity index (χ3n) is 3.23. The van der Waals surface area contributed by atoms with Gasteiger partial charge in [0.2, 0.25) is 0 Å².